The molecule has 1 saturated heterocycles. The molecule has 0 saturated carbocycles. The average molecular weight is 649 g/mol. The molecule has 3 aromatic rings. The van der Waals surface area contributed by atoms with Crippen molar-refractivity contribution >= 4 is 29.4 Å². The van der Waals surface area contributed by atoms with Gasteiger partial charge in [-0.05, 0) is 62.7 Å². The highest BCUT2D eigenvalue weighted by Gasteiger charge is 2.29. The van der Waals surface area contributed by atoms with Gasteiger partial charge < -0.3 is 40.5 Å². The zero-order valence-corrected chi connectivity index (χ0v) is 25.8. The fourth-order valence-corrected chi connectivity index (χ4v) is 4.34. The number of aliphatic hydroxyl groups excluding tert-OH is 1. The number of anilines is 4. The summed E-state index contributed by atoms with van der Waals surface area (Å²) < 4.78 is 48.5. The molecule has 1 aliphatic heterocycles. The van der Waals surface area contributed by atoms with Gasteiger partial charge in [-0.15, -0.1) is 0 Å². The number of piperazine rings is 1. The molecule has 1 aromatic heterocycles. The number of aromatic nitrogens is 3. The molecule has 0 aliphatic carbocycles. The maximum Gasteiger partial charge on any atom is 0.422 e. The number of alkyl halides is 3. The highest BCUT2D eigenvalue weighted by atomic mass is 19.4. The van der Waals surface area contributed by atoms with Crippen molar-refractivity contribution in [1.29, 1.82) is 0 Å². The summed E-state index contributed by atoms with van der Waals surface area (Å²) in [7, 11) is 0. The summed E-state index contributed by atoms with van der Waals surface area (Å²) in [4.78, 5) is 28.1. The Hall–Kier alpha value is -4.57. The molecule has 13 nitrogen and oxygen atoms in total. The van der Waals surface area contributed by atoms with Crippen LogP contribution >= 0.6 is 0 Å². The smallest absolute Gasteiger partial charge is 0.422 e. The molecule has 2 heterocycles. The number of nitrogens with one attached hydrogen (secondary N) is 3. The van der Waals surface area contributed by atoms with Crippen molar-refractivity contribution in [2.75, 3.05) is 61.8 Å². The van der Waals surface area contributed by atoms with E-state index >= 15 is 0 Å². The van der Waals surface area contributed by atoms with Crippen LogP contribution in [0.3, 0.4) is 0 Å². The number of rotatable bonds is 12. The molecule has 46 heavy (non-hydrogen) atoms. The molecular weight excluding hydrogens is 609 g/mol. The van der Waals surface area contributed by atoms with Gasteiger partial charge in [0.1, 0.15) is 11.4 Å². The number of carbonyl (C=O) groups is 1. The van der Waals surface area contributed by atoms with Gasteiger partial charge in [-0.3, -0.25) is 4.90 Å². The monoisotopic (exact) mass is 648 g/mol. The van der Waals surface area contributed by atoms with Crippen LogP contribution in [0.1, 0.15) is 26.3 Å². The van der Waals surface area contributed by atoms with Gasteiger partial charge in [0, 0.05) is 57.2 Å². The van der Waals surface area contributed by atoms with E-state index in [1.165, 1.54) is 12.1 Å². The first-order valence-corrected chi connectivity index (χ1v) is 14.7. The van der Waals surface area contributed by atoms with E-state index in [1.807, 2.05) is 20.8 Å². The normalized spacial score (nSPS) is 14.8. The molecule has 5 N–H and O–H groups in total. The summed E-state index contributed by atoms with van der Waals surface area (Å²) >= 11 is 0. The second kappa shape index (κ2) is 15.1. The lowest BCUT2D eigenvalue weighted by Gasteiger charge is -2.36. The fourth-order valence-electron chi connectivity index (χ4n) is 4.34. The Balaban J connectivity index is 1.28. The van der Waals surface area contributed by atoms with Crippen molar-refractivity contribution in [2.45, 2.75) is 45.2 Å². The lowest BCUT2D eigenvalue weighted by molar-refractivity contribution is -0.154. The number of benzene rings is 2. The second-order valence-corrected chi connectivity index (χ2v) is 11.7. The molecule has 0 radical (unpaired) electrons. The number of hydrogen-bond donors (Lipinski definition) is 5. The summed E-state index contributed by atoms with van der Waals surface area (Å²) in [6, 6.07) is 12.8. The molecule has 4 rings (SSSR count). The van der Waals surface area contributed by atoms with Crippen LogP contribution in [0.15, 0.2) is 48.5 Å². The van der Waals surface area contributed by atoms with Crippen LogP contribution in [0.25, 0.3) is 0 Å². The summed E-state index contributed by atoms with van der Waals surface area (Å²) in [5.74, 6) is 0.0483. The number of amides is 1. The molecule has 1 atom stereocenters. The number of ether oxygens (including phenoxy) is 2. The number of aromatic hydroxyl groups is 1. The number of β-amino-alcohol motifs (C(OH)–C–C–N with tert-alkyl or cyclic N) is 1. The minimum atomic E-state index is -4.58. The van der Waals surface area contributed by atoms with Crippen molar-refractivity contribution in [3.63, 3.8) is 0 Å². The van der Waals surface area contributed by atoms with Gasteiger partial charge in [0.25, 0.3) is 0 Å². The van der Waals surface area contributed by atoms with Crippen LogP contribution in [0.4, 0.5) is 41.2 Å². The third kappa shape index (κ3) is 11.7. The van der Waals surface area contributed by atoms with Crippen molar-refractivity contribution in [3.05, 3.63) is 54.1 Å². The molecular formula is C30H39F3N8O5. The van der Waals surface area contributed by atoms with Crippen LogP contribution in [0.2, 0.25) is 0 Å². The molecule has 250 valence electrons. The number of carbonyl (C=O) groups excluding carboxylic acids is 1. The van der Waals surface area contributed by atoms with Gasteiger partial charge >= 0.3 is 18.3 Å². The van der Waals surface area contributed by atoms with Crippen LogP contribution in [-0.4, -0.2) is 105 Å². The summed E-state index contributed by atoms with van der Waals surface area (Å²) in [5.41, 5.74) is 1.51. The third-order valence-corrected chi connectivity index (χ3v) is 6.54. The largest absolute Gasteiger partial charge is 0.508 e. The van der Waals surface area contributed by atoms with E-state index in [0.717, 1.165) is 11.3 Å². The predicted molar refractivity (Wildman–Crippen MR) is 165 cm³/mol. The van der Waals surface area contributed by atoms with Gasteiger partial charge in [-0.25, -0.2) is 4.79 Å². The van der Waals surface area contributed by atoms with Crippen molar-refractivity contribution in [2.24, 2.45) is 0 Å². The van der Waals surface area contributed by atoms with Gasteiger partial charge in [-0.1, -0.05) is 12.1 Å². The zero-order chi connectivity index (χ0) is 33.3. The molecule has 1 fully saturated rings. The van der Waals surface area contributed by atoms with Crippen molar-refractivity contribution < 1.29 is 37.7 Å². The lowest BCUT2D eigenvalue weighted by Crippen LogP contribution is -2.51. The molecule has 1 unspecified atom stereocenters. The number of aliphatic hydroxyl groups is 1. The Bertz CT molecular complexity index is 1410. The van der Waals surface area contributed by atoms with Crippen LogP contribution in [0, 0.1) is 0 Å². The predicted octanol–water partition coefficient (Wildman–Crippen LogP) is 4.20. The van der Waals surface area contributed by atoms with E-state index in [0.29, 0.717) is 45.0 Å². The second-order valence-electron chi connectivity index (χ2n) is 11.7. The van der Waals surface area contributed by atoms with Crippen LogP contribution in [0.5, 0.6) is 11.8 Å². The Morgan fingerprint density at radius 2 is 1.54 bits per heavy atom. The Labute approximate surface area is 264 Å². The van der Waals surface area contributed by atoms with Crippen molar-refractivity contribution in [3.8, 4) is 11.8 Å². The Morgan fingerprint density at radius 3 is 2.17 bits per heavy atom. The Morgan fingerprint density at radius 1 is 0.913 bits per heavy atom. The van der Waals surface area contributed by atoms with Crippen molar-refractivity contribution in [1.82, 2.24) is 24.8 Å². The van der Waals surface area contributed by atoms with Crippen LogP contribution < -0.4 is 20.7 Å². The fraction of sp³-hybridized carbons (Fsp3) is 0.467. The topological polar surface area (TPSA) is 157 Å². The van der Waals surface area contributed by atoms with Crippen LogP contribution in [-0.2, 0) is 11.3 Å². The summed E-state index contributed by atoms with van der Waals surface area (Å²) in [6.07, 6.45) is -5.56. The highest BCUT2D eigenvalue weighted by molar-refractivity contribution is 5.68. The molecule has 2 aromatic carbocycles. The molecule has 0 spiro atoms. The standard InChI is InChI=1S/C30H39F3N8O5/c1-29(2,3)46-28(44)41-14-12-40(13-15-41)18-24(43)17-34-21-6-8-22(9-7-21)36-26-37-25(35-16-20-4-10-23(42)11-5-20)38-27(39-26)45-19-30(31,32)33/h4-11,24,34,42-43H,12-19H2,1-3H3,(H2,35,36,37,38,39). The van der Waals surface area contributed by atoms with E-state index in [-0.39, 0.29) is 30.3 Å². The highest BCUT2D eigenvalue weighted by Crippen LogP contribution is 2.22. The SMILES string of the molecule is CC(C)(C)OC(=O)N1CCN(CC(O)CNc2ccc(Nc3nc(NCc4ccc(O)cc4)nc(OCC(F)(F)F)n3)cc2)CC1. The van der Waals surface area contributed by atoms with E-state index in [4.69, 9.17) is 9.47 Å². The Kier molecular flexibility index (Phi) is 11.3. The first kappa shape index (κ1) is 34.3. The van der Waals surface area contributed by atoms with E-state index < -0.39 is 30.5 Å². The summed E-state index contributed by atoms with van der Waals surface area (Å²) in [6.45, 7) is 7.20. The van der Waals surface area contributed by atoms with Gasteiger partial charge in [0.05, 0.1) is 6.10 Å². The number of phenolic OH excluding ortho intramolecular Hbond substituents is 1. The quantitative estimate of drug-likeness (QED) is 0.191. The van der Waals surface area contributed by atoms with Gasteiger partial charge in [0.15, 0.2) is 6.61 Å². The summed E-state index contributed by atoms with van der Waals surface area (Å²) in [5, 5.41) is 29.1. The number of phenols is 1. The molecule has 1 amide bonds. The number of nitrogens with zero attached hydrogens (tertiary/aromatic N) is 5. The maximum atomic E-state index is 12.8. The zero-order valence-electron chi connectivity index (χ0n) is 25.8. The van der Waals surface area contributed by atoms with E-state index in [1.54, 1.807) is 41.3 Å². The maximum absolute atomic E-state index is 12.8. The lowest BCUT2D eigenvalue weighted by atomic mass is 10.2. The first-order chi connectivity index (χ1) is 21.7. The number of hydrogen-bond acceptors (Lipinski definition) is 12. The first-order valence-electron chi connectivity index (χ1n) is 14.7. The number of halogens is 3. The molecule has 1 aliphatic rings. The minimum absolute atomic E-state index is 0.0127. The molecule has 16 heteroatoms. The molecule has 0 bridgehead atoms. The average Bonchev–Trinajstić information content (AvgIpc) is 2.98. The van der Waals surface area contributed by atoms with E-state index in [9.17, 15) is 28.2 Å². The van der Waals surface area contributed by atoms with E-state index in [2.05, 4.69) is 35.8 Å². The van der Waals surface area contributed by atoms with Gasteiger partial charge in [0.2, 0.25) is 11.9 Å². The third-order valence-electron chi connectivity index (χ3n) is 6.54. The minimum Gasteiger partial charge on any atom is -0.508 e. The van der Waals surface area contributed by atoms with Gasteiger partial charge in [-0.2, -0.15) is 28.1 Å².